The molecule has 1 fully saturated rings. The van der Waals surface area contributed by atoms with Crippen molar-refractivity contribution in [3.8, 4) is 0 Å². The van der Waals surface area contributed by atoms with Crippen molar-refractivity contribution >= 4 is 31.8 Å². The predicted octanol–water partition coefficient (Wildman–Crippen LogP) is 4.00. The number of aromatic nitrogens is 1. The van der Waals surface area contributed by atoms with Gasteiger partial charge in [-0.15, -0.1) is 0 Å². The van der Waals surface area contributed by atoms with Crippen molar-refractivity contribution in [3.05, 3.63) is 77.4 Å². The van der Waals surface area contributed by atoms with Crippen LogP contribution in [-0.4, -0.2) is 43.5 Å². The molecule has 0 bridgehead atoms. The summed E-state index contributed by atoms with van der Waals surface area (Å²) in [6.45, 7) is 6.43. The van der Waals surface area contributed by atoms with E-state index in [4.69, 9.17) is 4.74 Å². The molecule has 1 saturated heterocycles. The molecule has 4 aromatic rings. The fraction of sp³-hybridized carbons (Fsp3) is 0.308. The summed E-state index contributed by atoms with van der Waals surface area (Å²) in [5, 5.41) is 13.6. The lowest BCUT2D eigenvalue weighted by Gasteiger charge is -2.36. The lowest BCUT2D eigenvalue weighted by molar-refractivity contribution is -0.0461. The zero-order chi connectivity index (χ0) is 23.3. The summed E-state index contributed by atoms with van der Waals surface area (Å²) >= 11 is 0. The van der Waals surface area contributed by atoms with Gasteiger partial charge in [0.15, 0.2) is 0 Å². The third kappa shape index (κ3) is 3.95. The van der Waals surface area contributed by atoms with Gasteiger partial charge in [0.1, 0.15) is 0 Å². The molecule has 0 spiro atoms. The highest BCUT2D eigenvalue weighted by Crippen LogP contribution is 2.36. The Bertz CT molecular complexity index is 1380. The van der Waals surface area contributed by atoms with Crippen LogP contribution < -0.4 is 4.72 Å². The number of aryl methyl sites for hydroxylation is 3. The SMILES string of the molecule is Cc1ccc(S(=O)(=O)N[C@@H]2COC[C@H](n3c4ccc(C)cc4c4cc(C)ccc43)[C@H]2O)cc1. The molecule has 2 heterocycles. The molecule has 0 aliphatic carbocycles. The highest BCUT2D eigenvalue weighted by molar-refractivity contribution is 7.89. The first-order chi connectivity index (χ1) is 15.7. The molecule has 3 atom stereocenters. The molecule has 3 aromatic carbocycles. The van der Waals surface area contributed by atoms with Gasteiger partial charge < -0.3 is 14.4 Å². The lowest BCUT2D eigenvalue weighted by atomic mass is 10.0. The number of hydrogen-bond acceptors (Lipinski definition) is 4. The van der Waals surface area contributed by atoms with Crippen LogP contribution in [0.1, 0.15) is 22.7 Å². The third-order valence-electron chi connectivity index (χ3n) is 6.48. The van der Waals surface area contributed by atoms with Crippen LogP contribution in [0.25, 0.3) is 21.8 Å². The molecule has 1 aliphatic rings. The Morgan fingerprint density at radius 3 is 1.97 bits per heavy atom. The maximum atomic E-state index is 13.0. The Morgan fingerprint density at radius 1 is 0.848 bits per heavy atom. The van der Waals surface area contributed by atoms with Gasteiger partial charge in [0, 0.05) is 21.8 Å². The van der Waals surface area contributed by atoms with Gasteiger partial charge in [-0.25, -0.2) is 13.1 Å². The minimum atomic E-state index is -3.80. The van der Waals surface area contributed by atoms with Crippen molar-refractivity contribution in [1.29, 1.82) is 0 Å². The second kappa shape index (κ2) is 8.25. The van der Waals surface area contributed by atoms with Crippen LogP contribution in [0.5, 0.6) is 0 Å². The predicted molar refractivity (Wildman–Crippen MR) is 130 cm³/mol. The summed E-state index contributed by atoms with van der Waals surface area (Å²) in [7, 11) is -3.80. The number of ether oxygens (including phenoxy) is 1. The Hall–Kier alpha value is -2.71. The van der Waals surface area contributed by atoms with E-state index in [0.717, 1.165) is 38.5 Å². The van der Waals surface area contributed by atoms with Crippen molar-refractivity contribution in [2.75, 3.05) is 13.2 Å². The van der Waals surface area contributed by atoms with E-state index in [-0.39, 0.29) is 11.5 Å². The number of nitrogens with zero attached hydrogens (tertiary/aromatic N) is 1. The number of hydrogen-bond donors (Lipinski definition) is 2. The van der Waals surface area contributed by atoms with Gasteiger partial charge in [0.25, 0.3) is 0 Å². The molecule has 33 heavy (non-hydrogen) atoms. The van der Waals surface area contributed by atoms with Crippen molar-refractivity contribution in [3.63, 3.8) is 0 Å². The van der Waals surface area contributed by atoms with Crippen LogP contribution in [0.3, 0.4) is 0 Å². The first-order valence-corrected chi connectivity index (χ1v) is 12.6. The quantitative estimate of drug-likeness (QED) is 0.478. The molecule has 0 saturated carbocycles. The van der Waals surface area contributed by atoms with E-state index < -0.39 is 28.2 Å². The highest BCUT2D eigenvalue weighted by Gasteiger charge is 2.37. The van der Waals surface area contributed by atoms with E-state index >= 15 is 0 Å². The summed E-state index contributed by atoms with van der Waals surface area (Å²) in [6, 6.07) is 18.0. The van der Waals surface area contributed by atoms with Crippen LogP contribution in [0.2, 0.25) is 0 Å². The standard InChI is InChI=1S/C26H28N2O4S/c1-16-4-8-19(9-5-16)33(30,31)27-22-14-32-15-25(26(22)29)28-23-10-6-17(2)12-20(23)21-13-18(3)7-11-24(21)28/h4-13,22,25-27,29H,14-15H2,1-3H3/t22-,25+,26+/m1/s1. The average Bonchev–Trinajstić information content (AvgIpc) is 3.08. The number of benzene rings is 3. The Morgan fingerprint density at radius 2 is 1.39 bits per heavy atom. The Balaban J connectivity index is 1.54. The van der Waals surface area contributed by atoms with Crippen LogP contribution in [0.4, 0.5) is 0 Å². The fourth-order valence-corrected chi connectivity index (χ4v) is 5.97. The number of fused-ring (bicyclic) bond motifs is 3. The van der Waals surface area contributed by atoms with Crippen molar-refractivity contribution < 1.29 is 18.3 Å². The van der Waals surface area contributed by atoms with E-state index in [0.29, 0.717) is 6.61 Å². The molecular formula is C26H28N2O4S. The van der Waals surface area contributed by atoms with E-state index in [1.165, 1.54) is 0 Å². The van der Waals surface area contributed by atoms with Crippen LogP contribution in [0.15, 0.2) is 65.6 Å². The lowest BCUT2D eigenvalue weighted by Crippen LogP contribution is -2.53. The van der Waals surface area contributed by atoms with Crippen molar-refractivity contribution in [2.45, 2.75) is 43.9 Å². The number of nitrogens with one attached hydrogen (secondary N) is 1. The van der Waals surface area contributed by atoms with Crippen molar-refractivity contribution in [2.24, 2.45) is 0 Å². The number of aliphatic hydroxyl groups excluding tert-OH is 1. The minimum Gasteiger partial charge on any atom is -0.389 e. The summed E-state index contributed by atoms with van der Waals surface area (Å²) in [5.74, 6) is 0. The molecule has 2 N–H and O–H groups in total. The van der Waals surface area contributed by atoms with Gasteiger partial charge in [-0.05, 0) is 57.2 Å². The summed E-state index contributed by atoms with van der Waals surface area (Å²) in [5.41, 5.74) is 5.29. The molecule has 0 unspecified atom stereocenters. The smallest absolute Gasteiger partial charge is 0.240 e. The first kappa shape index (κ1) is 22.1. The molecule has 7 heteroatoms. The molecule has 6 nitrogen and oxygen atoms in total. The molecular weight excluding hydrogens is 436 g/mol. The average molecular weight is 465 g/mol. The summed E-state index contributed by atoms with van der Waals surface area (Å²) < 4.78 is 36.5. The van der Waals surface area contributed by atoms with Crippen LogP contribution in [0, 0.1) is 20.8 Å². The highest BCUT2D eigenvalue weighted by atomic mass is 32.2. The van der Waals surface area contributed by atoms with Gasteiger partial charge in [-0.3, -0.25) is 0 Å². The topological polar surface area (TPSA) is 80.6 Å². The first-order valence-electron chi connectivity index (χ1n) is 11.1. The van der Waals surface area contributed by atoms with Gasteiger partial charge in [-0.2, -0.15) is 0 Å². The van der Waals surface area contributed by atoms with Crippen molar-refractivity contribution in [1.82, 2.24) is 9.29 Å². The molecule has 1 aliphatic heterocycles. The largest absolute Gasteiger partial charge is 0.389 e. The number of sulfonamides is 1. The maximum absolute atomic E-state index is 13.0. The zero-order valence-electron chi connectivity index (χ0n) is 18.9. The maximum Gasteiger partial charge on any atom is 0.240 e. The molecule has 172 valence electrons. The van der Waals surface area contributed by atoms with Gasteiger partial charge in [-0.1, -0.05) is 41.0 Å². The number of rotatable bonds is 4. The van der Waals surface area contributed by atoms with Crippen LogP contribution in [-0.2, 0) is 14.8 Å². The fourth-order valence-electron chi connectivity index (χ4n) is 4.74. The molecule has 0 radical (unpaired) electrons. The van der Waals surface area contributed by atoms with E-state index in [2.05, 4.69) is 59.5 Å². The zero-order valence-corrected chi connectivity index (χ0v) is 19.8. The second-order valence-corrected chi connectivity index (χ2v) is 10.8. The van der Waals surface area contributed by atoms with Gasteiger partial charge in [0.2, 0.25) is 10.0 Å². The Labute approximate surface area is 193 Å². The van der Waals surface area contributed by atoms with Gasteiger partial charge >= 0.3 is 0 Å². The monoisotopic (exact) mass is 464 g/mol. The normalized spacial score (nSPS) is 21.6. The summed E-state index contributed by atoms with van der Waals surface area (Å²) in [4.78, 5) is 0.172. The Kier molecular flexibility index (Phi) is 5.53. The van der Waals surface area contributed by atoms with Crippen LogP contribution >= 0.6 is 0 Å². The molecule has 0 amide bonds. The minimum absolute atomic E-state index is 0.109. The number of aliphatic hydroxyl groups is 1. The molecule has 1 aromatic heterocycles. The van der Waals surface area contributed by atoms with Gasteiger partial charge in [0.05, 0.1) is 36.3 Å². The van der Waals surface area contributed by atoms with E-state index in [9.17, 15) is 13.5 Å². The van der Waals surface area contributed by atoms with E-state index in [1.807, 2.05) is 6.92 Å². The molecule has 5 rings (SSSR count). The van der Waals surface area contributed by atoms with E-state index in [1.54, 1.807) is 24.3 Å². The third-order valence-corrected chi connectivity index (χ3v) is 7.98. The summed E-state index contributed by atoms with van der Waals surface area (Å²) in [6.07, 6.45) is -0.958. The second-order valence-electron chi connectivity index (χ2n) is 9.05.